The van der Waals surface area contributed by atoms with E-state index in [0.29, 0.717) is 24.0 Å². The van der Waals surface area contributed by atoms with Crippen molar-refractivity contribution in [2.45, 2.75) is 12.8 Å². The van der Waals surface area contributed by atoms with E-state index in [1.54, 1.807) is 12.1 Å². The Balaban J connectivity index is 2.06. The first-order chi connectivity index (χ1) is 9.20. The fourth-order valence-corrected chi connectivity index (χ4v) is 2.05. The molecule has 0 saturated carbocycles. The first kappa shape index (κ1) is 13.7. The summed E-state index contributed by atoms with van der Waals surface area (Å²) in [7, 11) is 1.54. The summed E-state index contributed by atoms with van der Waals surface area (Å²) >= 11 is 0. The topological polar surface area (TPSA) is 65.0 Å². The van der Waals surface area contributed by atoms with Gasteiger partial charge in [-0.25, -0.2) is 4.79 Å². The zero-order valence-corrected chi connectivity index (χ0v) is 10.9. The van der Waals surface area contributed by atoms with Crippen LogP contribution in [0.5, 0.6) is 11.5 Å². The number of carbonyl (C=O) groups is 1. The number of methoxy groups -OCH3 is 1. The molecule has 0 aromatic heterocycles. The fraction of sp³-hybridized carbons (Fsp3) is 0.500. The van der Waals surface area contributed by atoms with E-state index in [1.165, 1.54) is 13.2 Å². The molecule has 0 unspecified atom stereocenters. The Hall–Kier alpha value is -1.75. The van der Waals surface area contributed by atoms with Gasteiger partial charge in [-0.05, 0) is 30.9 Å². The molecule has 0 radical (unpaired) electrons. The molecule has 1 N–H and O–H groups in total. The summed E-state index contributed by atoms with van der Waals surface area (Å²) in [6.07, 6.45) is 1.90. The summed E-state index contributed by atoms with van der Waals surface area (Å²) in [6, 6.07) is 4.73. The number of hydrogen-bond acceptors (Lipinski definition) is 4. The van der Waals surface area contributed by atoms with Gasteiger partial charge in [0, 0.05) is 19.3 Å². The van der Waals surface area contributed by atoms with Crippen LogP contribution in [0.3, 0.4) is 0 Å². The van der Waals surface area contributed by atoms with Gasteiger partial charge < -0.3 is 19.3 Å². The number of aromatic carboxylic acids is 1. The minimum Gasteiger partial charge on any atom is -0.497 e. The predicted octanol–water partition coefficient (Wildman–Crippen LogP) is 2.20. The van der Waals surface area contributed by atoms with E-state index in [9.17, 15) is 4.79 Å². The molecule has 2 rings (SSSR count). The first-order valence-corrected chi connectivity index (χ1v) is 6.32. The second-order valence-electron chi connectivity index (χ2n) is 4.53. The van der Waals surface area contributed by atoms with E-state index in [-0.39, 0.29) is 5.56 Å². The maximum Gasteiger partial charge on any atom is 0.339 e. The summed E-state index contributed by atoms with van der Waals surface area (Å²) in [6.45, 7) is 2.01. The Morgan fingerprint density at radius 3 is 2.79 bits per heavy atom. The van der Waals surface area contributed by atoms with Crippen LogP contribution in [0.2, 0.25) is 0 Å². The van der Waals surface area contributed by atoms with Gasteiger partial charge in [0.15, 0.2) is 0 Å². The zero-order valence-electron chi connectivity index (χ0n) is 10.9. The Morgan fingerprint density at radius 2 is 2.16 bits per heavy atom. The summed E-state index contributed by atoms with van der Waals surface area (Å²) < 4.78 is 16.0. The number of ether oxygens (including phenoxy) is 3. The number of benzene rings is 1. The molecular formula is C14H18O5. The Labute approximate surface area is 112 Å². The largest absolute Gasteiger partial charge is 0.497 e. The van der Waals surface area contributed by atoms with Gasteiger partial charge in [-0.2, -0.15) is 0 Å². The normalized spacial score (nSPS) is 16.1. The molecule has 1 aliphatic rings. The SMILES string of the molecule is COc1ccc(C(=O)O)c(OCC2CCOCC2)c1. The average molecular weight is 266 g/mol. The van der Waals surface area contributed by atoms with Gasteiger partial charge in [0.2, 0.25) is 0 Å². The third-order valence-electron chi connectivity index (χ3n) is 3.23. The second kappa shape index (κ2) is 6.43. The van der Waals surface area contributed by atoms with Crippen LogP contribution in [0.15, 0.2) is 18.2 Å². The van der Waals surface area contributed by atoms with Crippen LogP contribution in [-0.2, 0) is 4.74 Å². The van der Waals surface area contributed by atoms with E-state index in [2.05, 4.69) is 0 Å². The molecule has 0 spiro atoms. The lowest BCUT2D eigenvalue weighted by Crippen LogP contribution is -2.22. The lowest BCUT2D eigenvalue weighted by Gasteiger charge is -2.22. The Morgan fingerprint density at radius 1 is 1.42 bits per heavy atom. The average Bonchev–Trinajstić information content (AvgIpc) is 2.45. The van der Waals surface area contributed by atoms with Crippen molar-refractivity contribution in [1.82, 2.24) is 0 Å². The molecule has 1 aliphatic heterocycles. The van der Waals surface area contributed by atoms with Gasteiger partial charge in [-0.15, -0.1) is 0 Å². The number of hydrogen-bond donors (Lipinski definition) is 1. The summed E-state index contributed by atoms with van der Waals surface area (Å²) in [5, 5.41) is 9.13. The van der Waals surface area contributed by atoms with Gasteiger partial charge in [-0.3, -0.25) is 0 Å². The van der Waals surface area contributed by atoms with E-state index < -0.39 is 5.97 Å². The van der Waals surface area contributed by atoms with Crippen LogP contribution in [0.1, 0.15) is 23.2 Å². The van der Waals surface area contributed by atoms with E-state index in [1.807, 2.05) is 0 Å². The van der Waals surface area contributed by atoms with Gasteiger partial charge >= 0.3 is 5.97 Å². The van der Waals surface area contributed by atoms with Crippen LogP contribution in [0.4, 0.5) is 0 Å². The smallest absolute Gasteiger partial charge is 0.339 e. The number of rotatable bonds is 5. The highest BCUT2D eigenvalue weighted by molar-refractivity contribution is 5.91. The third-order valence-corrected chi connectivity index (χ3v) is 3.23. The lowest BCUT2D eigenvalue weighted by atomic mass is 10.0. The third kappa shape index (κ3) is 3.61. The van der Waals surface area contributed by atoms with E-state index >= 15 is 0 Å². The summed E-state index contributed by atoms with van der Waals surface area (Å²) in [5.74, 6) is 0.372. The molecular weight excluding hydrogens is 248 g/mol. The van der Waals surface area contributed by atoms with Crippen molar-refractivity contribution >= 4 is 5.97 Å². The molecule has 5 nitrogen and oxygen atoms in total. The molecule has 104 valence electrons. The summed E-state index contributed by atoms with van der Waals surface area (Å²) in [4.78, 5) is 11.1. The molecule has 1 aromatic carbocycles. The molecule has 1 fully saturated rings. The van der Waals surface area contributed by atoms with Gasteiger partial charge in [0.25, 0.3) is 0 Å². The van der Waals surface area contributed by atoms with Crippen molar-refractivity contribution in [3.63, 3.8) is 0 Å². The molecule has 0 aliphatic carbocycles. The maximum absolute atomic E-state index is 11.1. The quantitative estimate of drug-likeness (QED) is 0.885. The van der Waals surface area contributed by atoms with Crippen LogP contribution < -0.4 is 9.47 Å². The van der Waals surface area contributed by atoms with Crippen molar-refractivity contribution < 1.29 is 24.1 Å². The van der Waals surface area contributed by atoms with Gasteiger partial charge in [0.1, 0.15) is 17.1 Å². The zero-order chi connectivity index (χ0) is 13.7. The van der Waals surface area contributed by atoms with Crippen LogP contribution in [0.25, 0.3) is 0 Å². The molecule has 5 heteroatoms. The molecule has 1 saturated heterocycles. The molecule has 19 heavy (non-hydrogen) atoms. The molecule has 0 atom stereocenters. The number of carboxylic acids is 1. The number of carboxylic acid groups (broad SMARTS) is 1. The monoisotopic (exact) mass is 266 g/mol. The van der Waals surface area contributed by atoms with Crippen molar-refractivity contribution in [3.8, 4) is 11.5 Å². The maximum atomic E-state index is 11.1. The predicted molar refractivity (Wildman–Crippen MR) is 69.0 cm³/mol. The first-order valence-electron chi connectivity index (χ1n) is 6.32. The Bertz CT molecular complexity index is 437. The van der Waals surface area contributed by atoms with Crippen molar-refractivity contribution in [3.05, 3.63) is 23.8 Å². The molecule has 1 heterocycles. The van der Waals surface area contributed by atoms with Crippen molar-refractivity contribution in [2.24, 2.45) is 5.92 Å². The minimum absolute atomic E-state index is 0.160. The van der Waals surface area contributed by atoms with Crippen molar-refractivity contribution in [2.75, 3.05) is 26.9 Å². The van der Waals surface area contributed by atoms with Crippen LogP contribution in [-0.4, -0.2) is 38.0 Å². The van der Waals surface area contributed by atoms with E-state index in [4.69, 9.17) is 19.3 Å². The standard InChI is InChI=1S/C14H18O5/c1-17-11-2-3-12(14(15)16)13(8-11)19-9-10-4-6-18-7-5-10/h2-3,8,10H,4-7,9H2,1H3,(H,15,16). The van der Waals surface area contributed by atoms with Crippen molar-refractivity contribution in [1.29, 1.82) is 0 Å². The highest BCUT2D eigenvalue weighted by atomic mass is 16.5. The highest BCUT2D eigenvalue weighted by Gasteiger charge is 2.17. The molecule has 0 amide bonds. The summed E-state index contributed by atoms with van der Waals surface area (Å²) in [5.41, 5.74) is 0.160. The van der Waals surface area contributed by atoms with Gasteiger partial charge in [-0.1, -0.05) is 0 Å². The molecule has 1 aromatic rings. The molecule has 0 bridgehead atoms. The second-order valence-corrected chi connectivity index (χ2v) is 4.53. The van der Waals surface area contributed by atoms with Gasteiger partial charge in [0.05, 0.1) is 13.7 Å². The fourth-order valence-electron chi connectivity index (χ4n) is 2.05. The lowest BCUT2D eigenvalue weighted by molar-refractivity contribution is 0.0489. The Kier molecular flexibility index (Phi) is 4.63. The minimum atomic E-state index is -0.996. The van der Waals surface area contributed by atoms with Crippen LogP contribution >= 0.6 is 0 Å². The van der Waals surface area contributed by atoms with E-state index in [0.717, 1.165) is 26.1 Å². The van der Waals surface area contributed by atoms with Crippen LogP contribution in [0, 0.1) is 5.92 Å². The highest BCUT2D eigenvalue weighted by Crippen LogP contribution is 2.26.